The lowest BCUT2D eigenvalue weighted by atomic mass is 10.1. The molecule has 5 nitrogen and oxygen atoms in total. The fourth-order valence-electron chi connectivity index (χ4n) is 2.59. The van der Waals surface area contributed by atoms with Crippen LogP contribution in [0.1, 0.15) is 23.0 Å². The second kappa shape index (κ2) is 8.55. The minimum atomic E-state index is -0.549. The third-order valence-electron chi connectivity index (χ3n) is 3.87. The predicted molar refractivity (Wildman–Crippen MR) is 104 cm³/mol. The molecule has 0 unspecified atom stereocenters. The maximum atomic E-state index is 12.3. The number of furan rings is 1. The van der Waals surface area contributed by atoms with Gasteiger partial charge in [0.15, 0.2) is 0 Å². The van der Waals surface area contributed by atoms with Gasteiger partial charge in [-0.3, -0.25) is 0 Å². The summed E-state index contributed by atoms with van der Waals surface area (Å²) in [7, 11) is 0. The van der Waals surface area contributed by atoms with Gasteiger partial charge in [0.05, 0.1) is 11.6 Å². The van der Waals surface area contributed by atoms with E-state index in [0.29, 0.717) is 33.5 Å². The van der Waals surface area contributed by atoms with Crippen LogP contribution in [0.4, 0.5) is 0 Å². The lowest BCUT2D eigenvalue weighted by molar-refractivity contribution is 0.0416. The molecule has 0 radical (unpaired) electrons. The third kappa shape index (κ3) is 4.49. The summed E-state index contributed by atoms with van der Waals surface area (Å²) in [6.45, 7) is 4.49. The van der Waals surface area contributed by atoms with Crippen molar-refractivity contribution in [3.05, 3.63) is 57.8 Å². The second-order valence-corrected chi connectivity index (χ2v) is 6.55. The SMILES string of the molecule is CCOc1ccc2oc(C(=O)OCCOc3ccc(Cl)cc3Cl)c(C)c2c1. The molecule has 0 fully saturated rings. The lowest BCUT2D eigenvalue weighted by Gasteiger charge is -2.08. The summed E-state index contributed by atoms with van der Waals surface area (Å²) >= 11 is 11.9. The third-order valence-corrected chi connectivity index (χ3v) is 4.40. The molecule has 27 heavy (non-hydrogen) atoms. The maximum Gasteiger partial charge on any atom is 0.374 e. The molecule has 0 aliphatic carbocycles. The number of carbonyl (C=O) groups excluding carboxylic acids is 1. The van der Waals surface area contributed by atoms with Crippen LogP contribution in [0.5, 0.6) is 11.5 Å². The highest BCUT2D eigenvalue weighted by atomic mass is 35.5. The smallest absolute Gasteiger partial charge is 0.374 e. The van der Waals surface area contributed by atoms with Gasteiger partial charge in [-0.15, -0.1) is 0 Å². The highest BCUT2D eigenvalue weighted by Crippen LogP contribution is 2.30. The first kappa shape index (κ1) is 19.4. The number of aryl methyl sites for hydroxylation is 1. The van der Waals surface area contributed by atoms with Crippen LogP contribution in [0.3, 0.4) is 0 Å². The molecule has 0 aliphatic heterocycles. The molecule has 0 saturated carbocycles. The molecule has 0 N–H and O–H groups in total. The van der Waals surface area contributed by atoms with Crippen molar-refractivity contribution in [2.45, 2.75) is 13.8 Å². The fourth-order valence-corrected chi connectivity index (χ4v) is 3.06. The first-order valence-corrected chi connectivity index (χ1v) is 9.16. The van der Waals surface area contributed by atoms with Crippen LogP contribution in [0.15, 0.2) is 40.8 Å². The Morgan fingerprint density at radius 1 is 1.07 bits per heavy atom. The summed E-state index contributed by atoms with van der Waals surface area (Å²) in [5.74, 6) is 0.818. The first-order chi connectivity index (χ1) is 13.0. The van der Waals surface area contributed by atoms with Crippen molar-refractivity contribution in [3.63, 3.8) is 0 Å². The number of ether oxygens (including phenoxy) is 3. The van der Waals surface area contributed by atoms with Crippen LogP contribution in [0.2, 0.25) is 10.0 Å². The van der Waals surface area contributed by atoms with E-state index in [-0.39, 0.29) is 19.0 Å². The predicted octanol–water partition coefficient (Wildman–Crippen LogP) is 5.68. The van der Waals surface area contributed by atoms with E-state index in [1.165, 1.54) is 0 Å². The van der Waals surface area contributed by atoms with Crippen LogP contribution in [-0.2, 0) is 4.74 Å². The molecule has 7 heteroatoms. The normalized spacial score (nSPS) is 10.8. The number of esters is 1. The number of hydrogen-bond acceptors (Lipinski definition) is 5. The summed E-state index contributed by atoms with van der Waals surface area (Å²) in [5, 5.41) is 1.73. The lowest BCUT2D eigenvalue weighted by Crippen LogP contribution is -2.12. The minimum Gasteiger partial charge on any atom is -0.494 e. The van der Waals surface area contributed by atoms with Gasteiger partial charge < -0.3 is 18.6 Å². The van der Waals surface area contributed by atoms with Gasteiger partial charge in [-0.1, -0.05) is 23.2 Å². The van der Waals surface area contributed by atoms with Crippen molar-refractivity contribution in [3.8, 4) is 11.5 Å². The van der Waals surface area contributed by atoms with E-state index in [2.05, 4.69) is 0 Å². The van der Waals surface area contributed by atoms with Crippen LogP contribution in [0, 0.1) is 6.92 Å². The van der Waals surface area contributed by atoms with Crippen LogP contribution in [-0.4, -0.2) is 25.8 Å². The van der Waals surface area contributed by atoms with Crippen LogP contribution < -0.4 is 9.47 Å². The minimum absolute atomic E-state index is 0.0540. The number of benzene rings is 2. The molecule has 0 amide bonds. The van der Waals surface area contributed by atoms with Crippen molar-refractivity contribution < 1.29 is 23.4 Å². The molecule has 0 spiro atoms. The Labute approximate surface area is 166 Å². The van der Waals surface area contributed by atoms with E-state index >= 15 is 0 Å². The largest absolute Gasteiger partial charge is 0.494 e. The molecular formula is C20H18Cl2O5. The van der Waals surface area contributed by atoms with Crippen LogP contribution in [0.25, 0.3) is 11.0 Å². The average Bonchev–Trinajstić information content (AvgIpc) is 2.97. The van der Waals surface area contributed by atoms with Gasteiger partial charge in [0.1, 0.15) is 30.3 Å². The monoisotopic (exact) mass is 408 g/mol. The highest BCUT2D eigenvalue weighted by molar-refractivity contribution is 6.35. The second-order valence-electron chi connectivity index (χ2n) is 5.71. The molecule has 0 aliphatic rings. The van der Waals surface area contributed by atoms with E-state index in [1.54, 1.807) is 30.3 Å². The van der Waals surface area contributed by atoms with E-state index < -0.39 is 5.97 Å². The van der Waals surface area contributed by atoms with Crippen molar-refractivity contribution >= 4 is 40.1 Å². The highest BCUT2D eigenvalue weighted by Gasteiger charge is 2.19. The average molecular weight is 409 g/mol. The molecule has 2 aromatic carbocycles. The maximum absolute atomic E-state index is 12.3. The Hall–Kier alpha value is -2.37. The number of fused-ring (bicyclic) bond motifs is 1. The van der Waals surface area contributed by atoms with E-state index in [4.69, 9.17) is 41.8 Å². The van der Waals surface area contributed by atoms with Gasteiger partial charge in [-0.25, -0.2) is 4.79 Å². The Morgan fingerprint density at radius 3 is 2.63 bits per heavy atom. The zero-order chi connectivity index (χ0) is 19.4. The molecule has 1 aromatic heterocycles. The fraction of sp³-hybridized carbons (Fsp3) is 0.250. The standard InChI is InChI=1S/C20H18Cl2O5/c1-3-24-14-5-7-17-15(11-14)12(2)19(27-17)20(23)26-9-8-25-18-6-4-13(21)10-16(18)22/h4-7,10-11H,3,8-9H2,1-2H3. The molecule has 3 rings (SSSR count). The topological polar surface area (TPSA) is 57.9 Å². The van der Waals surface area contributed by atoms with E-state index in [9.17, 15) is 4.79 Å². The number of carbonyl (C=O) groups is 1. The van der Waals surface area contributed by atoms with E-state index in [0.717, 1.165) is 11.1 Å². The summed E-state index contributed by atoms with van der Waals surface area (Å²) in [4.78, 5) is 12.3. The van der Waals surface area contributed by atoms with Gasteiger partial charge in [-0.2, -0.15) is 0 Å². The number of hydrogen-bond donors (Lipinski definition) is 0. The molecule has 3 aromatic rings. The zero-order valence-corrected chi connectivity index (χ0v) is 16.4. The van der Waals surface area contributed by atoms with Gasteiger partial charge in [0.25, 0.3) is 0 Å². The summed E-state index contributed by atoms with van der Waals surface area (Å²) < 4.78 is 21.9. The van der Waals surface area contributed by atoms with Crippen molar-refractivity contribution in [2.75, 3.05) is 19.8 Å². The number of rotatable bonds is 7. The van der Waals surface area contributed by atoms with Gasteiger partial charge in [0.2, 0.25) is 5.76 Å². The molecular weight excluding hydrogens is 391 g/mol. The molecule has 1 heterocycles. The Balaban J connectivity index is 1.61. The van der Waals surface area contributed by atoms with Crippen molar-refractivity contribution in [1.82, 2.24) is 0 Å². The molecule has 0 bridgehead atoms. The quantitative estimate of drug-likeness (QED) is 0.371. The zero-order valence-electron chi connectivity index (χ0n) is 14.9. The molecule has 142 valence electrons. The summed E-state index contributed by atoms with van der Waals surface area (Å²) in [6, 6.07) is 10.3. The van der Waals surface area contributed by atoms with Gasteiger partial charge in [-0.05, 0) is 50.2 Å². The summed E-state index contributed by atoms with van der Waals surface area (Å²) in [6.07, 6.45) is 0. The summed E-state index contributed by atoms with van der Waals surface area (Å²) in [5.41, 5.74) is 1.31. The van der Waals surface area contributed by atoms with Crippen molar-refractivity contribution in [2.24, 2.45) is 0 Å². The van der Waals surface area contributed by atoms with Gasteiger partial charge in [0, 0.05) is 16.0 Å². The Kier molecular flexibility index (Phi) is 6.14. The number of halogens is 2. The molecule has 0 saturated heterocycles. The van der Waals surface area contributed by atoms with Crippen molar-refractivity contribution in [1.29, 1.82) is 0 Å². The van der Waals surface area contributed by atoms with Crippen LogP contribution >= 0.6 is 23.2 Å². The Bertz CT molecular complexity index is 964. The molecule has 0 atom stereocenters. The first-order valence-electron chi connectivity index (χ1n) is 8.40. The van der Waals surface area contributed by atoms with Gasteiger partial charge >= 0.3 is 5.97 Å². The Morgan fingerprint density at radius 2 is 1.89 bits per heavy atom. The van der Waals surface area contributed by atoms with E-state index in [1.807, 2.05) is 19.9 Å².